The van der Waals surface area contributed by atoms with Gasteiger partial charge in [0.05, 0.1) is 5.52 Å². The first kappa shape index (κ1) is 14.8. The van der Waals surface area contributed by atoms with Gasteiger partial charge < -0.3 is 9.80 Å². The largest absolute Gasteiger partial charge is 0.331 e. The third kappa shape index (κ3) is 3.04. The number of fused-ring (bicyclic) bond motifs is 1. The standard InChI is InChI=1S/C17H22N4O/c1-19(2)17(22)21-11-9-20(10-12-21)13-15-6-3-5-14-7-4-8-18-16(14)15/h3-8H,9-13H2,1-2H3. The summed E-state index contributed by atoms with van der Waals surface area (Å²) in [6.07, 6.45) is 1.85. The Morgan fingerprint density at radius 1 is 1.14 bits per heavy atom. The normalized spacial score (nSPS) is 16.0. The number of hydrogen-bond acceptors (Lipinski definition) is 3. The molecule has 0 radical (unpaired) electrons. The van der Waals surface area contributed by atoms with E-state index in [0.717, 1.165) is 38.2 Å². The van der Waals surface area contributed by atoms with Gasteiger partial charge in [-0.1, -0.05) is 24.3 Å². The highest BCUT2D eigenvalue weighted by Gasteiger charge is 2.22. The zero-order valence-electron chi connectivity index (χ0n) is 13.2. The van der Waals surface area contributed by atoms with Crippen molar-refractivity contribution in [2.45, 2.75) is 6.54 Å². The summed E-state index contributed by atoms with van der Waals surface area (Å²) in [7, 11) is 3.60. The van der Waals surface area contributed by atoms with E-state index in [2.05, 4.69) is 34.1 Å². The van der Waals surface area contributed by atoms with Crippen LogP contribution < -0.4 is 0 Å². The number of rotatable bonds is 2. The topological polar surface area (TPSA) is 39.7 Å². The second-order valence-electron chi connectivity index (χ2n) is 5.93. The zero-order valence-corrected chi connectivity index (χ0v) is 13.2. The molecule has 0 aliphatic carbocycles. The summed E-state index contributed by atoms with van der Waals surface area (Å²) in [5, 5.41) is 1.18. The van der Waals surface area contributed by atoms with Crippen LogP contribution in [0.3, 0.4) is 0 Å². The van der Waals surface area contributed by atoms with Gasteiger partial charge in [0.1, 0.15) is 0 Å². The molecule has 3 rings (SSSR count). The quantitative estimate of drug-likeness (QED) is 0.852. The highest BCUT2D eigenvalue weighted by Crippen LogP contribution is 2.18. The minimum Gasteiger partial charge on any atom is -0.331 e. The number of carbonyl (C=O) groups excluding carboxylic acids is 1. The van der Waals surface area contributed by atoms with Gasteiger partial charge in [-0.15, -0.1) is 0 Å². The lowest BCUT2D eigenvalue weighted by atomic mass is 10.1. The molecule has 1 aromatic heterocycles. The fourth-order valence-electron chi connectivity index (χ4n) is 2.92. The van der Waals surface area contributed by atoms with Crippen molar-refractivity contribution in [2.24, 2.45) is 0 Å². The van der Waals surface area contributed by atoms with Gasteiger partial charge in [-0.3, -0.25) is 9.88 Å². The maximum atomic E-state index is 12.0. The number of urea groups is 1. The number of piperazine rings is 1. The van der Waals surface area contributed by atoms with Crippen molar-refractivity contribution in [1.29, 1.82) is 0 Å². The molecule has 1 saturated heterocycles. The van der Waals surface area contributed by atoms with E-state index >= 15 is 0 Å². The van der Waals surface area contributed by atoms with E-state index in [0.29, 0.717) is 0 Å². The Bertz CT molecular complexity index is 657. The molecule has 116 valence electrons. The van der Waals surface area contributed by atoms with Gasteiger partial charge in [0.15, 0.2) is 0 Å². The molecule has 1 aromatic carbocycles. The Balaban J connectivity index is 1.66. The monoisotopic (exact) mass is 298 g/mol. The summed E-state index contributed by atoms with van der Waals surface area (Å²) in [5.41, 5.74) is 2.34. The van der Waals surface area contributed by atoms with E-state index in [9.17, 15) is 4.79 Å². The van der Waals surface area contributed by atoms with Crippen LogP contribution in [0.4, 0.5) is 4.79 Å². The van der Waals surface area contributed by atoms with E-state index in [1.165, 1.54) is 10.9 Å². The molecule has 1 fully saturated rings. The van der Waals surface area contributed by atoms with Crippen molar-refractivity contribution < 1.29 is 4.79 Å². The lowest BCUT2D eigenvalue weighted by Crippen LogP contribution is -2.51. The predicted molar refractivity (Wildman–Crippen MR) is 87.7 cm³/mol. The Morgan fingerprint density at radius 3 is 2.59 bits per heavy atom. The summed E-state index contributed by atoms with van der Waals surface area (Å²) in [5.74, 6) is 0. The smallest absolute Gasteiger partial charge is 0.319 e. The third-order valence-electron chi connectivity index (χ3n) is 4.14. The maximum absolute atomic E-state index is 12.0. The van der Waals surface area contributed by atoms with Crippen LogP contribution in [-0.4, -0.2) is 66.0 Å². The number of para-hydroxylation sites is 1. The molecule has 1 aliphatic heterocycles. The second-order valence-corrected chi connectivity index (χ2v) is 5.93. The average molecular weight is 298 g/mol. The molecule has 1 aliphatic rings. The summed E-state index contributed by atoms with van der Waals surface area (Å²) in [4.78, 5) is 22.4. The van der Waals surface area contributed by atoms with Crippen molar-refractivity contribution in [3.05, 3.63) is 42.1 Å². The first-order valence-corrected chi connectivity index (χ1v) is 7.66. The second kappa shape index (κ2) is 6.32. The SMILES string of the molecule is CN(C)C(=O)N1CCN(Cc2cccc3cccnc23)CC1. The number of carbonyl (C=O) groups is 1. The van der Waals surface area contributed by atoms with Gasteiger partial charge >= 0.3 is 6.03 Å². The van der Waals surface area contributed by atoms with Gasteiger partial charge in [0.25, 0.3) is 0 Å². The molecular weight excluding hydrogens is 276 g/mol. The van der Waals surface area contributed by atoms with Gasteiger partial charge in [-0.05, 0) is 11.6 Å². The van der Waals surface area contributed by atoms with Crippen LogP contribution in [0.15, 0.2) is 36.5 Å². The summed E-state index contributed by atoms with van der Waals surface area (Å²) < 4.78 is 0. The molecule has 2 amide bonds. The van der Waals surface area contributed by atoms with Crippen molar-refractivity contribution >= 4 is 16.9 Å². The van der Waals surface area contributed by atoms with Crippen LogP contribution in [-0.2, 0) is 6.54 Å². The van der Waals surface area contributed by atoms with Crippen LogP contribution in [0, 0.1) is 0 Å². The number of amides is 2. The number of aromatic nitrogens is 1. The lowest BCUT2D eigenvalue weighted by molar-refractivity contribution is 0.120. The van der Waals surface area contributed by atoms with Gasteiger partial charge in [0.2, 0.25) is 0 Å². The molecule has 0 saturated carbocycles. The Hall–Kier alpha value is -2.14. The number of benzene rings is 1. The molecule has 5 heteroatoms. The van der Waals surface area contributed by atoms with Crippen molar-refractivity contribution in [3.63, 3.8) is 0 Å². The van der Waals surface area contributed by atoms with E-state index in [1.54, 1.807) is 19.0 Å². The Kier molecular flexibility index (Phi) is 4.24. The Labute approximate surface area is 131 Å². The van der Waals surface area contributed by atoms with E-state index in [1.807, 2.05) is 17.2 Å². The van der Waals surface area contributed by atoms with E-state index in [-0.39, 0.29) is 6.03 Å². The predicted octanol–water partition coefficient (Wildman–Crippen LogP) is 2.03. The number of nitrogens with zero attached hydrogens (tertiary/aromatic N) is 4. The van der Waals surface area contributed by atoms with Crippen LogP contribution in [0.5, 0.6) is 0 Å². The number of hydrogen-bond donors (Lipinski definition) is 0. The molecular formula is C17H22N4O. The van der Waals surface area contributed by atoms with Crippen LogP contribution >= 0.6 is 0 Å². The summed E-state index contributed by atoms with van der Waals surface area (Å²) >= 11 is 0. The minimum atomic E-state index is 0.103. The minimum absolute atomic E-state index is 0.103. The first-order valence-electron chi connectivity index (χ1n) is 7.66. The molecule has 0 N–H and O–H groups in total. The average Bonchev–Trinajstić information content (AvgIpc) is 2.55. The van der Waals surface area contributed by atoms with Gasteiger partial charge in [-0.2, -0.15) is 0 Å². The maximum Gasteiger partial charge on any atom is 0.319 e. The summed E-state index contributed by atoms with van der Waals surface area (Å²) in [6.45, 7) is 4.27. The molecule has 0 unspecified atom stereocenters. The zero-order chi connectivity index (χ0) is 15.5. The van der Waals surface area contributed by atoms with Crippen molar-refractivity contribution in [2.75, 3.05) is 40.3 Å². The van der Waals surface area contributed by atoms with Crippen LogP contribution in [0.1, 0.15) is 5.56 Å². The number of pyridine rings is 1. The van der Waals surface area contributed by atoms with Crippen molar-refractivity contribution in [3.8, 4) is 0 Å². The fourth-order valence-corrected chi connectivity index (χ4v) is 2.92. The summed E-state index contributed by atoms with van der Waals surface area (Å²) in [6, 6.07) is 10.5. The van der Waals surface area contributed by atoms with Gasteiger partial charge in [0, 0.05) is 58.4 Å². The van der Waals surface area contributed by atoms with Gasteiger partial charge in [-0.25, -0.2) is 4.79 Å². The van der Waals surface area contributed by atoms with Crippen LogP contribution in [0.25, 0.3) is 10.9 Å². The highest BCUT2D eigenvalue weighted by molar-refractivity contribution is 5.81. The third-order valence-corrected chi connectivity index (χ3v) is 4.14. The van der Waals surface area contributed by atoms with Crippen LogP contribution in [0.2, 0.25) is 0 Å². The Morgan fingerprint density at radius 2 is 1.86 bits per heavy atom. The van der Waals surface area contributed by atoms with E-state index in [4.69, 9.17) is 0 Å². The lowest BCUT2D eigenvalue weighted by Gasteiger charge is -2.36. The first-order chi connectivity index (χ1) is 10.6. The van der Waals surface area contributed by atoms with Crippen molar-refractivity contribution in [1.82, 2.24) is 19.7 Å². The fraction of sp³-hybridized carbons (Fsp3) is 0.412. The van der Waals surface area contributed by atoms with E-state index < -0.39 is 0 Å². The molecule has 2 aromatic rings. The molecule has 0 atom stereocenters. The molecule has 0 spiro atoms. The molecule has 22 heavy (non-hydrogen) atoms. The molecule has 0 bridgehead atoms. The molecule has 2 heterocycles. The molecule has 5 nitrogen and oxygen atoms in total. The highest BCUT2D eigenvalue weighted by atomic mass is 16.2.